The number of halogens is 1. The molecule has 0 bridgehead atoms. The molecule has 0 aliphatic carbocycles. The zero-order valence-corrected chi connectivity index (χ0v) is 14.0. The molecular formula is C15H17BrN2OS. The molecule has 0 unspecified atom stereocenters. The molecule has 106 valence electrons. The third-order valence-electron chi connectivity index (χ3n) is 3.01. The van der Waals surface area contributed by atoms with E-state index < -0.39 is 0 Å². The summed E-state index contributed by atoms with van der Waals surface area (Å²) >= 11 is 4.88. The largest absolute Gasteiger partial charge is 0.397 e. The highest BCUT2D eigenvalue weighted by molar-refractivity contribution is 9.10. The second kappa shape index (κ2) is 5.97. The summed E-state index contributed by atoms with van der Waals surface area (Å²) in [5, 5.41) is 0.938. The molecule has 0 radical (unpaired) electrons. The number of hydrogen-bond acceptors (Lipinski definition) is 3. The van der Waals surface area contributed by atoms with Crippen LogP contribution in [-0.2, 0) is 0 Å². The summed E-state index contributed by atoms with van der Waals surface area (Å²) < 4.78 is 2.01. The van der Waals surface area contributed by atoms with Crippen molar-refractivity contribution in [1.29, 1.82) is 0 Å². The maximum absolute atomic E-state index is 12.6. The predicted octanol–water partition coefficient (Wildman–Crippen LogP) is 4.28. The maximum Gasteiger partial charge on any atom is 0.266 e. The summed E-state index contributed by atoms with van der Waals surface area (Å²) in [6, 6.07) is 5.87. The quantitative estimate of drug-likeness (QED) is 0.834. The second-order valence-corrected chi connectivity index (χ2v) is 6.73. The molecule has 0 aliphatic rings. The molecule has 5 heteroatoms. The van der Waals surface area contributed by atoms with Gasteiger partial charge in [0.2, 0.25) is 0 Å². The maximum atomic E-state index is 12.6. The Bertz CT molecular complexity index is 678. The zero-order valence-electron chi connectivity index (χ0n) is 11.6. The first-order valence-corrected chi connectivity index (χ1v) is 7.96. The molecule has 0 spiro atoms. The molecule has 0 saturated heterocycles. The fourth-order valence-corrected chi connectivity index (χ4v) is 3.69. The van der Waals surface area contributed by atoms with E-state index in [9.17, 15) is 4.79 Å². The number of benzene rings is 1. The number of carbonyl (C=O) groups is 1. The van der Waals surface area contributed by atoms with Crippen molar-refractivity contribution < 1.29 is 4.79 Å². The predicted molar refractivity (Wildman–Crippen MR) is 90.3 cm³/mol. The summed E-state index contributed by atoms with van der Waals surface area (Å²) in [6.45, 7) is 8.95. The van der Waals surface area contributed by atoms with Crippen LogP contribution in [0.2, 0.25) is 0 Å². The van der Waals surface area contributed by atoms with Crippen LogP contribution in [0.1, 0.15) is 23.5 Å². The summed E-state index contributed by atoms with van der Waals surface area (Å²) in [5.74, 6) is -0.0228. The van der Waals surface area contributed by atoms with Crippen molar-refractivity contribution in [2.45, 2.75) is 13.8 Å². The Morgan fingerprint density at radius 3 is 2.80 bits per heavy atom. The first kappa shape index (κ1) is 15.1. The van der Waals surface area contributed by atoms with E-state index in [1.807, 2.05) is 32.0 Å². The highest BCUT2D eigenvalue weighted by Crippen LogP contribution is 2.36. The summed E-state index contributed by atoms with van der Waals surface area (Å²) in [7, 11) is 0. The summed E-state index contributed by atoms with van der Waals surface area (Å²) in [4.78, 5) is 15.0. The van der Waals surface area contributed by atoms with E-state index in [1.54, 1.807) is 4.90 Å². The topological polar surface area (TPSA) is 46.3 Å². The van der Waals surface area contributed by atoms with Crippen molar-refractivity contribution in [3.63, 3.8) is 0 Å². The van der Waals surface area contributed by atoms with Gasteiger partial charge in [-0.05, 0) is 26.0 Å². The zero-order chi connectivity index (χ0) is 14.9. The van der Waals surface area contributed by atoms with E-state index >= 15 is 0 Å². The van der Waals surface area contributed by atoms with Crippen LogP contribution in [-0.4, -0.2) is 23.9 Å². The number of nitrogens with two attached hydrogens (primary N) is 1. The van der Waals surface area contributed by atoms with Crippen LogP contribution in [0, 0.1) is 0 Å². The molecule has 1 heterocycles. The molecule has 2 N–H and O–H groups in total. The lowest BCUT2D eigenvalue weighted by atomic mass is 10.2. The third-order valence-corrected chi connectivity index (χ3v) is 4.66. The van der Waals surface area contributed by atoms with Gasteiger partial charge >= 0.3 is 0 Å². The number of thiophene rings is 1. The summed E-state index contributed by atoms with van der Waals surface area (Å²) in [5.41, 5.74) is 7.67. The van der Waals surface area contributed by atoms with E-state index in [0.717, 1.165) is 20.1 Å². The van der Waals surface area contributed by atoms with Crippen molar-refractivity contribution in [2.24, 2.45) is 0 Å². The number of hydrogen-bond donors (Lipinski definition) is 1. The number of rotatable bonds is 4. The van der Waals surface area contributed by atoms with Gasteiger partial charge in [-0.1, -0.05) is 34.1 Å². The minimum absolute atomic E-state index is 0.0228. The number of carbonyl (C=O) groups excluding carboxylic acids is 1. The Morgan fingerprint density at radius 1 is 1.50 bits per heavy atom. The van der Waals surface area contributed by atoms with Crippen LogP contribution in [0.25, 0.3) is 10.1 Å². The molecule has 1 aromatic heterocycles. The minimum atomic E-state index is -0.0228. The number of nitrogen functional groups attached to an aromatic ring is 1. The van der Waals surface area contributed by atoms with Gasteiger partial charge in [-0.15, -0.1) is 11.3 Å². The molecule has 0 fully saturated rings. The molecule has 0 aliphatic heterocycles. The van der Waals surface area contributed by atoms with E-state index in [1.165, 1.54) is 11.3 Å². The lowest BCUT2D eigenvalue weighted by Crippen LogP contribution is -2.32. The molecule has 2 aromatic rings. The number of fused-ring (bicyclic) bond motifs is 1. The lowest BCUT2D eigenvalue weighted by molar-refractivity contribution is 0.0784. The fourth-order valence-electron chi connectivity index (χ4n) is 2.05. The summed E-state index contributed by atoms with van der Waals surface area (Å²) in [6.07, 6.45) is 0. The van der Waals surface area contributed by atoms with Crippen LogP contribution in [0.4, 0.5) is 5.69 Å². The molecule has 0 atom stereocenters. The van der Waals surface area contributed by atoms with Gasteiger partial charge < -0.3 is 10.6 Å². The van der Waals surface area contributed by atoms with Gasteiger partial charge in [-0.25, -0.2) is 0 Å². The third kappa shape index (κ3) is 2.88. The van der Waals surface area contributed by atoms with Gasteiger partial charge in [0.1, 0.15) is 4.88 Å². The van der Waals surface area contributed by atoms with Gasteiger partial charge in [0.05, 0.1) is 5.69 Å². The Morgan fingerprint density at radius 2 is 2.20 bits per heavy atom. The molecule has 1 aromatic carbocycles. The van der Waals surface area contributed by atoms with Crippen molar-refractivity contribution >= 4 is 48.9 Å². The number of likely N-dealkylation sites (N-methyl/N-ethyl adjacent to an activating group) is 1. The van der Waals surface area contributed by atoms with Crippen LogP contribution in [0.5, 0.6) is 0 Å². The minimum Gasteiger partial charge on any atom is -0.397 e. The highest BCUT2D eigenvalue weighted by atomic mass is 79.9. The molecule has 1 amide bonds. The van der Waals surface area contributed by atoms with E-state index in [-0.39, 0.29) is 5.91 Å². The van der Waals surface area contributed by atoms with Crippen molar-refractivity contribution in [2.75, 3.05) is 18.8 Å². The molecule has 3 nitrogen and oxygen atoms in total. The Hall–Kier alpha value is -1.33. The Balaban J connectivity index is 2.43. The highest BCUT2D eigenvalue weighted by Gasteiger charge is 2.21. The average molecular weight is 353 g/mol. The van der Waals surface area contributed by atoms with Crippen molar-refractivity contribution in [1.82, 2.24) is 4.90 Å². The average Bonchev–Trinajstić information content (AvgIpc) is 2.71. The van der Waals surface area contributed by atoms with Crippen molar-refractivity contribution in [3.05, 3.63) is 39.7 Å². The second-order valence-electron chi connectivity index (χ2n) is 4.76. The van der Waals surface area contributed by atoms with Gasteiger partial charge in [0, 0.05) is 27.6 Å². The molecule has 2 rings (SSSR count). The van der Waals surface area contributed by atoms with Gasteiger partial charge in [0.25, 0.3) is 5.91 Å². The SMILES string of the molecule is C=C(C)CN(CC)C(=O)c1sc2cc(Br)ccc2c1N. The van der Waals surface area contributed by atoms with Crippen LogP contribution in [0.15, 0.2) is 34.8 Å². The van der Waals surface area contributed by atoms with E-state index in [2.05, 4.69) is 22.5 Å². The first-order valence-electron chi connectivity index (χ1n) is 6.35. The van der Waals surface area contributed by atoms with Crippen LogP contribution in [0.3, 0.4) is 0 Å². The smallest absolute Gasteiger partial charge is 0.266 e. The van der Waals surface area contributed by atoms with Gasteiger partial charge in [0.15, 0.2) is 0 Å². The van der Waals surface area contributed by atoms with E-state index in [4.69, 9.17) is 5.73 Å². The van der Waals surface area contributed by atoms with Crippen LogP contribution < -0.4 is 5.73 Å². The lowest BCUT2D eigenvalue weighted by Gasteiger charge is -2.20. The number of nitrogens with zero attached hydrogens (tertiary/aromatic N) is 1. The van der Waals surface area contributed by atoms with Crippen molar-refractivity contribution in [3.8, 4) is 0 Å². The molecule has 20 heavy (non-hydrogen) atoms. The standard InChI is InChI=1S/C15H17BrN2OS/c1-4-18(8-9(2)3)15(19)14-13(17)11-6-5-10(16)7-12(11)20-14/h5-7H,2,4,8,17H2,1,3H3. The normalized spacial score (nSPS) is 10.8. The Labute approximate surface area is 131 Å². The molecule has 0 saturated carbocycles. The van der Waals surface area contributed by atoms with E-state index in [0.29, 0.717) is 23.7 Å². The fraction of sp³-hybridized carbons (Fsp3) is 0.267. The monoisotopic (exact) mass is 352 g/mol. The Kier molecular flexibility index (Phi) is 4.50. The number of amides is 1. The van der Waals surface area contributed by atoms with Gasteiger partial charge in [-0.2, -0.15) is 0 Å². The molecular weight excluding hydrogens is 336 g/mol. The van der Waals surface area contributed by atoms with Gasteiger partial charge in [-0.3, -0.25) is 4.79 Å². The number of anilines is 1. The first-order chi connectivity index (χ1) is 9.43. The van der Waals surface area contributed by atoms with Crippen LogP contribution >= 0.6 is 27.3 Å².